The lowest BCUT2D eigenvalue weighted by Gasteiger charge is -2.17. The molecular weight excluding hydrogens is 429 g/mol. The number of aromatic nitrogens is 2. The van der Waals surface area contributed by atoms with Crippen LogP contribution in [-0.4, -0.2) is 24.6 Å². The van der Waals surface area contributed by atoms with Crippen LogP contribution >= 0.6 is 11.6 Å². The van der Waals surface area contributed by atoms with Crippen molar-refractivity contribution in [3.63, 3.8) is 0 Å². The third-order valence-electron chi connectivity index (χ3n) is 4.16. The average Bonchev–Trinajstić information content (AvgIpc) is 3.02. The Hall–Kier alpha value is -2.36. The molecule has 1 unspecified atom stereocenters. The standard InChI is InChI=1S/C19H16ClF3N2O3S/c1-10-19(29(2,26)27)25-18(24-10)17(11-6-7-16(23)13(20)8-11)28-9-12-14(21)4-3-5-15(12)22/h3-8,17H,9H2,1-2H3,(H,24,25). The molecule has 10 heteroatoms. The molecule has 1 N–H and O–H groups in total. The van der Waals surface area contributed by atoms with E-state index in [4.69, 9.17) is 16.3 Å². The Kier molecular flexibility index (Phi) is 6.02. The highest BCUT2D eigenvalue weighted by atomic mass is 35.5. The molecule has 5 nitrogen and oxygen atoms in total. The molecule has 0 aliphatic heterocycles. The van der Waals surface area contributed by atoms with Crippen molar-refractivity contribution in [3.8, 4) is 0 Å². The van der Waals surface area contributed by atoms with Gasteiger partial charge < -0.3 is 9.72 Å². The van der Waals surface area contributed by atoms with E-state index in [1.807, 2.05) is 0 Å². The van der Waals surface area contributed by atoms with Gasteiger partial charge in [0.25, 0.3) is 0 Å². The van der Waals surface area contributed by atoms with Gasteiger partial charge in [0.1, 0.15) is 29.4 Å². The molecule has 0 aliphatic rings. The number of H-pyrrole nitrogens is 1. The highest BCUT2D eigenvalue weighted by Crippen LogP contribution is 2.30. The molecule has 154 valence electrons. The van der Waals surface area contributed by atoms with Crippen molar-refractivity contribution in [2.45, 2.75) is 24.7 Å². The van der Waals surface area contributed by atoms with E-state index >= 15 is 0 Å². The molecule has 1 heterocycles. The Labute approximate surface area is 170 Å². The minimum Gasteiger partial charge on any atom is -0.361 e. The predicted octanol–water partition coefficient (Wildman–Crippen LogP) is 4.50. The van der Waals surface area contributed by atoms with Crippen molar-refractivity contribution in [2.24, 2.45) is 0 Å². The second-order valence-corrected chi connectivity index (χ2v) is 8.73. The van der Waals surface area contributed by atoms with Crippen molar-refractivity contribution in [1.82, 2.24) is 9.97 Å². The topological polar surface area (TPSA) is 72.0 Å². The number of sulfone groups is 1. The fourth-order valence-corrected chi connectivity index (χ4v) is 3.86. The molecule has 1 aromatic heterocycles. The summed E-state index contributed by atoms with van der Waals surface area (Å²) in [7, 11) is -3.63. The van der Waals surface area contributed by atoms with Gasteiger partial charge in [-0.05, 0) is 36.8 Å². The second kappa shape index (κ2) is 8.17. The highest BCUT2D eigenvalue weighted by Gasteiger charge is 2.25. The van der Waals surface area contributed by atoms with E-state index in [9.17, 15) is 21.6 Å². The van der Waals surface area contributed by atoms with Crippen molar-refractivity contribution >= 4 is 21.4 Å². The predicted molar refractivity (Wildman–Crippen MR) is 101 cm³/mol. The minimum absolute atomic E-state index is 0.0716. The number of hydrogen-bond donors (Lipinski definition) is 1. The van der Waals surface area contributed by atoms with Crippen molar-refractivity contribution < 1.29 is 26.3 Å². The molecule has 29 heavy (non-hydrogen) atoms. The summed E-state index contributed by atoms with van der Waals surface area (Å²) < 4.78 is 71.0. The zero-order valence-electron chi connectivity index (χ0n) is 15.3. The van der Waals surface area contributed by atoms with Crippen molar-refractivity contribution in [3.05, 3.63) is 81.5 Å². The van der Waals surface area contributed by atoms with Crippen LogP contribution < -0.4 is 0 Å². The van der Waals surface area contributed by atoms with Gasteiger partial charge in [0, 0.05) is 11.8 Å². The van der Waals surface area contributed by atoms with Gasteiger partial charge in [0.05, 0.1) is 17.3 Å². The molecule has 0 saturated heterocycles. The fraction of sp³-hybridized carbons (Fsp3) is 0.211. The zero-order valence-corrected chi connectivity index (χ0v) is 16.9. The fourth-order valence-electron chi connectivity index (χ4n) is 2.80. The van der Waals surface area contributed by atoms with Gasteiger partial charge in [-0.2, -0.15) is 0 Å². The van der Waals surface area contributed by atoms with Crippen LogP contribution in [0, 0.1) is 24.4 Å². The van der Waals surface area contributed by atoms with Crippen LogP contribution in [0.2, 0.25) is 5.02 Å². The number of aromatic amines is 1. The Morgan fingerprint density at radius 3 is 2.34 bits per heavy atom. The van der Waals surface area contributed by atoms with Gasteiger partial charge in [0.15, 0.2) is 14.9 Å². The van der Waals surface area contributed by atoms with Crippen LogP contribution in [0.1, 0.15) is 28.7 Å². The number of rotatable bonds is 6. The first-order valence-electron chi connectivity index (χ1n) is 8.34. The first-order chi connectivity index (χ1) is 13.6. The maximum atomic E-state index is 14.0. The summed E-state index contributed by atoms with van der Waals surface area (Å²) >= 11 is 5.85. The van der Waals surface area contributed by atoms with Gasteiger partial charge in [-0.15, -0.1) is 0 Å². The van der Waals surface area contributed by atoms with E-state index in [0.717, 1.165) is 24.5 Å². The van der Waals surface area contributed by atoms with E-state index in [1.54, 1.807) is 0 Å². The first-order valence-corrected chi connectivity index (χ1v) is 10.6. The van der Waals surface area contributed by atoms with Crippen LogP contribution in [0.3, 0.4) is 0 Å². The number of halogens is 4. The summed E-state index contributed by atoms with van der Waals surface area (Å²) in [4.78, 5) is 6.88. The highest BCUT2D eigenvalue weighted by molar-refractivity contribution is 7.90. The van der Waals surface area contributed by atoms with Gasteiger partial charge in [-0.25, -0.2) is 26.6 Å². The lowest BCUT2D eigenvalue weighted by atomic mass is 10.1. The molecule has 0 bridgehead atoms. The van der Waals surface area contributed by atoms with Crippen LogP contribution in [-0.2, 0) is 21.2 Å². The van der Waals surface area contributed by atoms with Gasteiger partial charge in [-0.3, -0.25) is 0 Å². The third-order valence-corrected chi connectivity index (χ3v) is 5.55. The summed E-state index contributed by atoms with van der Waals surface area (Å²) in [6.07, 6.45) is -0.0828. The monoisotopic (exact) mass is 444 g/mol. The maximum Gasteiger partial charge on any atom is 0.194 e. The molecule has 3 rings (SSSR count). The molecular formula is C19H16ClF3N2O3S. The summed E-state index contributed by atoms with van der Waals surface area (Å²) in [6, 6.07) is 7.14. The molecule has 0 spiro atoms. The number of aryl methyl sites for hydroxylation is 1. The summed E-state index contributed by atoms with van der Waals surface area (Å²) in [5.74, 6) is -2.19. The molecule has 0 fully saturated rings. The number of nitrogens with zero attached hydrogens (tertiary/aromatic N) is 1. The van der Waals surface area contributed by atoms with Crippen molar-refractivity contribution in [2.75, 3.05) is 6.26 Å². The van der Waals surface area contributed by atoms with E-state index < -0.39 is 40.0 Å². The number of nitrogens with one attached hydrogen (secondary N) is 1. The minimum atomic E-state index is -3.63. The molecule has 2 aromatic carbocycles. The Morgan fingerprint density at radius 2 is 1.79 bits per heavy atom. The van der Waals surface area contributed by atoms with Gasteiger partial charge >= 0.3 is 0 Å². The molecule has 0 aliphatic carbocycles. The molecule has 0 saturated carbocycles. The Bertz CT molecular complexity index is 1150. The van der Waals surface area contributed by atoms with Crippen LogP contribution in [0.5, 0.6) is 0 Å². The lowest BCUT2D eigenvalue weighted by molar-refractivity contribution is 0.0576. The van der Waals surface area contributed by atoms with Crippen molar-refractivity contribution in [1.29, 1.82) is 0 Å². The van der Waals surface area contributed by atoms with E-state index in [2.05, 4.69) is 9.97 Å². The second-order valence-electron chi connectivity index (χ2n) is 6.39. The van der Waals surface area contributed by atoms with Gasteiger partial charge in [-0.1, -0.05) is 23.7 Å². The smallest absolute Gasteiger partial charge is 0.194 e. The summed E-state index contributed by atoms with van der Waals surface area (Å²) in [5, 5.41) is -0.383. The van der Waals surface area contributed by atoms with E-state index in [1.165, 1.54) is 25.1 Å². The normalized spacial score (nSPS) is 12.9. The first kappa shape index (κ1) is 21.4. The number of imidazole rings is 1. The van der Waals surface area contributed by atoms with Crippen LogP contribution in [0.25, 0.3) is 0 Å². The van der Waals surface area contributed by atoms with E-state index in [0.29, 0.717) is 5.56 Å². The molecule has 0 amide bonds. The Balaban J connectivity index is 2.04. The summed E-state index contributed by atoms with van der Waals surface area (Å²) in [6.45, 7) is 1.03. The maximum absolute atomic E-state index is 14.0. The van der Waals surface area contributed by atoms with E-state index in [-0.39, 0.29) is 27.1 Å². The van der Waals surface area contributed by atoms with Gasteiger partial charge in [0.2, 0.25) is 0 Å². The average molecular weight is 445 g/mol. The number of ether oxygens (including phenoxy) is 1. The lowest BCUT2D eigenvalue weighted by Crippen LogP contribution is -2.11. The molecule has 3 aromatic rings. The zero-order chi connectivity index (χ0) is 21.3. The molecule has 1 atom stereocenters. The quantitative estimate of drug-likeness (QED) is 0.607. The number of hydrogen-bond acceptors (Lipinski definition) is 4. The molecule has 0 radical (unpaired) electrons. The number of benzene rings is 2. The largest absolute Gasteiger partial charge is 0.361 e. The van der Waals surface area contributed by atoms with Crippen LogP contribution in [0.4, 0.5) is 13.2 Å². The Morgan fingerprint density at radius 1 is 1.14 bits per heavy atom. The third kappa shape index (κ3) is 4.63. The van der Waals surface area contributed by atoms with Crippen LogP contribution in [0.15, 0.2) is 41.4 Å². The summed E-state index contributed by atoms with van der Waals surface area (Å²) in [5.41, 5.74) is 0.278. The SMILES string of the molecule is Cc1[nH]c(C(OCc2c(F)cccc2F)c2ccc(F)c(Cl)c2)nc1S(C)(=O)=O.